The number of rotatable bonds is 3. The Hall–Kier alpha value is -3.15. The van der Waals surface area contributed by atoms with Crippen LogP contribution in [0.5, 0.6) is 5.75 Å². The van der Waals surface area contributed by atoms with E-state index in [1.165, 1.54) is 29.2 Å². The number of methoxy groups -OCH3 is 1. The third kappa shape index (κ3) is 2.54. The Kier molecular flexibility index (Phi) is 3.95. The summed E-state index contributed by atoms with van der Waals surface area (Å²) < 4.78 is 23.9. The van der Waals surface area contributed by atoms with Gasteiger partial charge in [-0.05, 0) is 30.3 Å². The lowest BCUT2D eigenvalue weighted by Gasteiger charge is -2.32. The first-order valence-electron chi connectivity index (χ1n) is 8.21. The van der Waals surface area contributed by atoms with Crippen LogP contribution in [0.1, 0.15) is 17.9 Å². The summed E-state index contributed by atoms with van der Waals surface area (Å²) in [6.07, 6.45) is 0.103. The summed E-state index contributed by atoms with van der Waals surface area (Å²) in [5, 5.41) is 0. The molecule has 0 N–H and O–H groups in total. The van der Waals surface area contributed by atoms with Crippen LogP contribution in [-0.2, 0) is 14.3 Å². The van der Waals surface area contributed by atoms with Crippen molar-refractivity contribution in [1.29, 1.82) is 0 Å². The Morgan fingerprint density at radius 1 is 1.12 bits per heavy atom. The Morgan fingerprint density at radius 2 is 1.85 bits per heavy atom. The number of amides is 1. The molecule has 2 heterocycles. The molecule has 2 aromatic carbocycles. The van der Waals surface area contributed by atoms with Crippen molar-refractivity contribution in [2.45, 2.75) is 12.3 Å². The van der Waals surface area contributed by atoms with Gasteiger partial charge >= 0.3 is 5.97 Å². The van der Waals surface area contributed by atoms with E-state index in [1.807, 2.05) is 18.2 Å². The number of halogens is 1. The van der Waals surface area contributed by atoms with Crippen molar-refractivity contribution < 1.29 is 23.5 Å². The van der Waals surface area contributed by atoms with Gasteiger partial charge in [0.2, 0.25) is 5.91 Å². The first-order valence-corrected chi connectivity index (χ1v) is 8.21. The first-order chi connectivity index (χ1) is 12.6. The number of para-hydroxylation sites is 1. The Balaban J connectivity index is 1.84. The molecule has 5 nitrogen and oxygen atoms in total. The normalized spacial score (nSPS) is 19.5. The fourth-order valence-electron chi connectivity index (χ4n) is 3.56. The molecule has 2 aliphatic rings. The molecule has 0 saturated carbocycles. The van der Waals surface area contributed by atoms with Crippen LogP contribution in [0.25, 0.3) is 0 Å². The molecular formula is C20H16FNO4. The van der Waals surface area contributed by atoms with Gasteiger partial charge in [0.15, 0.2) is 0 Å². The summed E-state index contributed by atoms with van der Waals surface area (Å²) in [6, 6.07) is 12.9. The van der Waals surface area contributed by atoms with Crippen molar-refractivity contribution in [1.82, 2.24) is 0 Å². The average molecular weight is 353 g/mol. The van der Waals surface area contributed by atoms with Crippen LogP contribution < -0.4 is 9.64 Å². The largest absolute Gasteiger partial charge is 0.496 e. The number of hydrogen-bond acceptors (Lipinski definition) is 4. The third-order valence-electron chi connectivity index (χ3n) is 4.72. The zero-order valence-corrected chi connectivity index (χ0v) is 14.1. The number of esters is 1. The van der Waals surface area contributed by atoms with Crippen molar-refractivity contribution >= 4 is 17.6 Å². The predicted molar refractivity (Wildman–Crippen MR) is 92.2 cm³/mol. The highest BCUT2D eigenvalue weighted by molar-refractivity contribution is 6.06. The lowest BCUT2D eigenvalue weighted by molar-refractivity contribution is -0.136. The van der Waals surface area contributed by atoms with Gasteiger partial charge in [-0.15, -0.1) is 0 Å². The van der Waals surface area contributed by atoms with E-state index in [9.17, 15) is 14.0 Å². The molecule has 0 unspecified atom stereocenters. The van der Waals surface area contributed by atoms with E-state index in [-0.39, 0.29) is 18.9 Å². The molecule has 0 aliphatic carbocycles. The van der Waals surface area contributed by atoms with Gasteiger partial charge in [0.05, 0.1) is 18.4 Å². The minimum Gasteiger partial charge on any atom is -0.496 e. The third-order valence-corrected chi connectivity index (χ3v) is 4.72. The maximum atomic E-state index is 13.2. The van der Waals surface area contributed by atoms with Crippen LogP contribution in [-0.4, -0.2) is 25.6 Å². The average Bonchev–Trinajstić information content (AvgIpc) is 3.04. The zero-order valence-electron chi connectivity index (χ0n) is 14.1. The fraction of sp³-hybridized carbons (Fsp3) is 0.200. The number of ether oxygens (including phenoxy) is 2. The Morgan fingerprint density at radius 3 is 2.58 bits per heavy atom. The SMILES string of the molecule is COc1ccccc1[C@@H]1CC(=O)N(c2ccc(F)cc2)C2=C1C(=O)OC2. The van der Waals surface area contributed by atoms with Crippen LogP contribution in [0, 0.1) is 5.82 Å². The molecule has 4 rings (SSSR count). The van der Waals surface area contributed by atoms with Gasteiger partial charge in [-0.3, -0.25) is 9.69 Å². The molecule has 26 heavy (non-hydrogen) atoms. The summed E-state index contributed by atoms with van der Waals surface area (Å²) >= 11 is 0. The van der Waals surface area contributed by atoms with Crippen molar-refractivity contribution in [3.63, 3.8) is 0 Å². The summed E-state index contributed by atoms with van der Waals surface area (Å²) in [4.78, 5) is 26.8. The Bertz CT molecular complexity index is 920. The maximum absolute atomic E-state index is 13.2. The fourth-order valence-corrected chi connectivity index (χ4v) is 3.56. The van der Waals surface area contributed by atoms with Crippen LogP contribution >= 0.6 is 0 Å². The molecule has 0 saturated heterocycles. The minimum atomic E-state index is -0.435. The highest BCUT2D eigenvalue weighted by Crippen LogP contribution is 2.44. The smallest absolute Gasteiger partial charge is 0.336 e. The number of carbonyl (C=O) groups excluding carboxylic acids is 2. The molecule has 1 atom stereocenters. The lowest BCUT2D eigenvalue weighted by atomic mass is 9.83. The van der Waals surface area contributed by atoms with E-state index in [0.717, 1.165) is 5.56 Å². The van der Waals surface area contributed by atoms with Gasteiger partial charge in [-0.1, -0.05) is 18.2 Å². The topological polar surface area (TPSA) is 55.8 Å². The van der Waals surface area contributed by atoms with Gasteiger partial charge < -0.3 is 9.47 Å². The monoisotopic (exact) mass is 353 g/mol. The number of nitrogens with zero attached hydrogens (tertiary/aromatic N) is 1. The number of carbonyl (C=O) groups is 2. The van der Waals surface area contributed by atoms with Gasteiger partial charge in [-0.25, -0.2) is 9.18 Å². The van der Waals surface area contributed by atoms with Gasteiger partial charge in [0.25, 0.3) is 0 Å². The van der Waals surface area contributed by atoms with Gasteiger partial charge in [0, 0.05) is 23.6 Å². The first kappa shape index (κ1) is 16.3. The molecular weight excluding hydrogens is 337 g/mol. The van der Waals surface area contributed by atoms with Gasteiger partial charge in [-0.2, -0.15) is 0 Å². The highest BCUT2D eigenvalue weighted by atomic mass is 19.1. The predicted octanol–water partition coefficient (Wildman–Crippen LogP) is 3.17. The van der Waals surface area contributed by atoms with Crippen molar-refractivity contribution in [2.24, 2.45) is 0 Å². The minimum absolute atomic E-state index is 0.0168. The van der Waals surface area contributed by atoms with Crippen molar-refractivity contribution in [3.8, 4) is 5.75 Å². The molecule has 0 bridgehead atoms. The number of cyclic esters (lactones) is 1. The number of benzene rings is 2. The van der Waals surface area contributed by atoms with E-state index in [1.54, 1.807) is 13.2 Å². The van der Waals surface area contributed by atoms with Crippen LogP contribution in [0.15, 0.2) is 59.8 Å². The van der Waals surface area contributed by atoms with E-state index >= 15 is 0 Å². The van der Waals surface area contributed by atoms with Crippen molar-refractivity contribution in [2.75, 3.05) is 18.6 Å². The molecule has 132 valence electrons. The molecule has 0 spiro atoms. The van der Waals surface area contributed by atoms with E-state index in [2.05, 4.69) is 0 Å². The quantitative estimate of drug-likeness (QED) is 0.796. The highest BCUT2D eigenvalue weighted by Gasteiger charge is 2.43. The van der Waals surface area contributed by atoms with E-state index in [4.69, 9.17) is 9.47 Å². The van der Waals surface area contributed by atoms with Crippen LogP contribution in [0.2, 0.25) is 0 Å². The Labute approximate surface area is 149 Å². The van der Waals surface area contributed by atoms with E-state index < -0.39 is 17.7 Å². The second kappa shape index (κ2) is 6.29. The summed E-state index contributed by atoms with van der Waals surface area (Å²) in [6.45, 7) is 0.0168. The van der Waals surface area contributed by atoms with Crippen LogP contribution in [0.4, 0.5) is 10.1 Å². The summed E-state index contributed by atoms with van der Waals surface area (Å²) in [5.41, 5.74) is 2.25. The van der Waals surface area contributed by atoms with Crippen LogP contribution in [0.3, 0.4) is 0 Å². The lowest BCUT2D eigenvalue weighted by Crippen LogP contribution is -2.37. The maximum Gasteiger partial charge on any atom is 0.336 e. The molecule has 2 aliphatic heterocycles. The molecule has 6 heteroatoms. The molecule has 0 radical (unpaired) electrons. The molecule has 2 aromatic rings. The molecule has 0 fully saturated rings. The second-order valence-corrected chi connectivity index (χ2v) is 6.14. The zero-order chi connectivity index (χ0) is 18.3. The molecule has 0 aromatic heterocycles. The second-order valence-electron chi connectivity index (χ2n) is 6.14. The number of hydrogen-bond donors (Lipinski definition) is 0. The standard InChI is InChI=1S/C20H16FNO4/c1-25-17-5-3-2-4-14(17)15-10-18(23)22(13-8-6-12(21)7-9-13)16-11-26-20(24)19(15)16/h2-9,15H,10-11H2,1H3/t15-/m0/s1. The molecule has 1 amide bonds. The van der Waals surface area contributed by atoms with Gasteiger partial charge in [0.1, 0.15) is 18.2 Å². The van der Waals surface area contributed by atoms with E-state index in [0.29, 0.717) is 22.7 Å². The number of anilines is 1. The van der Waals surface area contributed by atoms with Crippen molar-refractivity contribution in [3.05, 3.63) is 71.2 Å². The summed E-state index contributed by atoms with van der Waals surface area (Å²) in [5.74, 6) is -0.814. The summed E-state index contributed by atoms with van der Waals surface area (Å²) in [7, 11) is 1.55.